The fourth-order valence-electron chi connectivity index (χ4n) is 5.07. The highest BCUT2D eigenvalue weighted by Gasteiger charge is 2.39. The molecule has 202 valence electrons. The van der Waals surface area contributed by atoms with Gasteiger partial charge in [0.25, 0.3) is 0 Å². The number of nitrogens with one attached hydrogen (secondary N) is 3. The first kappa shape index (κ1) is 26.8. The van der Waals surface area contributed by atoms with Gasteiger partial charge in [0.1, 0.15) is 15.7 Å². The van der Waals surface area contributed by atoms with Gasteiger partial charge in [-0.2, -0.15) is 0 Å². The van der Waals surface area contributed by atoms with Crippen LogP contribution >= 0.6 is 11.6 Å². The number of rotatable bonds is 5. The zero-order valence-corrected chi connectivity index (χ0v) is 21.6. The summed E-state index contributed by atoms with van der Waals surface area (Å²) in [7, 11) is -3.66. The molecule has 7 nitrogen and oxygen atoms in total. The Balaban J connectivity index is 1.42. The lowest BCUT2D eigenvalue weighted by molar-refractivity contribution is -0.274. The van der Waals surface area contributed by atoms with Crippen molar-refractivity contribution in [3.63, 3.8) is 0 Å². The average molecular weight is 567 g/mol. The number of aryl methyl sites for hydroxylation is 2. The Bertz CT molecular complexity index is 1420. The monoisotopic (exact) mass is 566 g/mol. The summed E-state index contributed by atoms with van der Waals surface area (Å²) < 4.78 is 65.8. The van der Waals surface area contributed by atoms with Crippen LogP contribution in [0.2, 0.25) is 5.02 Å². The van der Waals surface area contributed by atoms with Crippen molar-refractivity contribution in [3.8, 4) is 5.75 Å². The molecule has 4 unspecified atom stereocenters. The molecule has 5 rings (SSSR count). The van der Waals surface area contributed by atoms with Crippen molar-refractivity contribution in [1.29, 1.82) is 4.78 Å². The molecule has 1 fully saturated rings. The van der Waals surface area contributed by atoms with Crippen molar-refractivity contribution in [2.75, 3.05) is 18.0 Å². The molecule has 0 saturated carbocycles. The molecule has 0 radical (unpaired) electrons. The van der Waals surface area contributed by atoms with Gasteiger partial charge >= 0.3 is 6.36 Å². The van der Waals surface area contributed by atoms with Gasteiger partial charge in [0.15, 0.2) is 0 Å². The number of ether oxygens (including phenoxy) is 1. The van der Waals surface area contributed by atoms with Gasteiger partial charge in [-0.1, -0.05) is 29.8 Å². The smallest absolute Gasteiger partial charge is 0.406 e. The maximum absolute atomic E-state index is 13.3. The normalized spacial score (nSPS) is 23.1. The molecular weight excluding hydrogens is 541 g/mol. The first-order chi connectivity index (χ1) is 18.0. The van der Waals surface area contributed by atoms with Gasteiger partial charge in [-0.25, -0.2) is 13.7 Å². The Morgan fingerprint density at radius 1 is 1.03 bits per heavy atom. The number of alkyl halides is 3. The minimum atomic E-state index is -4.86. The third kappa shape index (κ3) is 5.62. The number of aliphatic hydroxyl groups is 1. The zero-order valence-electron chi connectivity index (χ0n) is 20.0. The van der Waals surface area contributed by atoms with Crippen molar-refractivity contribution < 1.29 is 27.2 Å². The third-order valence-corrected chi connectivity index (χ3v) is 8.58. The molecule has 2 aliphatic heterocycles. The highest BCUT2D eigenvalue weighted by Crippen LogP contribution is 2.40. The Hall–Kier alpha value is -2.83. The predicted octanol–water partition coefficient (Wildman–Crippen LogP) is 4.79. The first-order valence-electron chi connectivity index (χ1n) is 12.0. The highest BCUT2D eigenvalue weighted by atomic mass is 35.5. The molecule has 0 spiro atoms. The van der Waals surface area contributed by atoms with Crippen LogP contribution in [0, 0.1) is 4.78 Å². The van der Waals surface area contributed by atoms with Gasteiger partial charge in [0.05, 0.1) is 23.1 Å². The second-order valence-corrected chi connectivity index (χ2v) is 11.5. The SMILES string of the molecule is N=S(=O)(NC1CNCC(N2c3ccccc3CCc3cc(Cl)ccc32)C1O)c1ccc(OC(F)(F)F)cc1. The van der Waals surface area contributed by atoms with Crippen LogP contribution in [0.1, 0.15) is 11.1 Å². The molecule has 1 saturated heterocycles. The summed E-state index contributed by atoms with van der Waals surface area (Å²) in [6.07, 6.45) is -4.32. The minimum Gasteiger partial charge on any atom is -0.406 e. The lowest BCUT2D eigenvalue weighted by atomic mass is 9.96. The molecule has 4 N–H and O–H groups in total. The van der Waals surface area contributed by atoms with Gasteiger partial charge in [0.2, 0.25) is 0 Å². The molecule has 3 aromatic carbocycles. The molecule has 0 amide bonds. The van der Waals surface area contributed by atoms with E-state index in [4.69, 9.17) is 16.4 Å². The van der Waals surface area contributed by atoms with E-state index in [0.717, 1.165) is 59.6 Å². The molecule has 2 aliphatic rings. The van der Waals surface area contributed by atoms with E-state index in [1.807, 2.05) is 36.4 Å². The second kappa shape index (κ2) is 10.4. The molecule has 3 aromatic rings. The van der Waals surface area contributed by atoms with Crippen molar-refractivity contribution >= 4 is 32.9 Å². The zero-order chi connectivity index (χ0) is 27.1. The number of fused-ring (bicyclic) bond motifs is 2. The van der Waals surface area contributed by atoms with Crippen LogP contribution in [-0.4, -0.2) is 47.0 Å². The summed E-state index contributed by atoms with van der Waals surface area (Å²) in [5, 5.41) is 15.4. The van der Waals surface area contributed by atoms with Gasteiger partial charge in [0, 0.05) is 29.5 Å². The first-order valence-corrected chi connectivity index (χ1v) is 13.9. The van der Waals surface area contributed by atoms with Crippen LogP contribution in [0.3, 0.4) is 0 Å². The van der Waals surface area contributed by atoms with Crippen LogP contribution in [0.5, 0.6) is 5.75 Å². The van der Waals surface area contributed by atoms with E-state index in [0.29, 0.717) is 11.6 Å². The van der Waals surface area contributed by atoms with Crippen LogP contribution < -0.4 is 19.7 Å². The van der Waals surface area contributed by atoms with Crippen LogP contribution in [0.15, 0.2) is 71.6 Å². The molecule has 2 heterocycles. The lowest BCUT2D eigenvalue weighted by Gasteiger charge is -2.43. The number of benzene rings is 3. The summed E-state index contributed by atoms with van der Waals surface area (Å²) in [4.78, 5) is 2.05. The van der Waals surface area contributed by atoms with Gasteiger partial charge in [-0.15, -0.1) is 13.2 Å². The van der Waals surface area contributed by atoms with E-state index in [-0.39, 0.29) is 11.4 Å². The molecule has 0 bridgehead atoms. The Labute approximate surface area is 223 Å². The summed E-state index contributed by atoms with van der Waals surface area (Å²) in [5.74, 6) is -0.477. The largest absolute Gasteiger partial charge is 0.573 e. The number of halogens is 4. The van der Waals surface area contributed by atoms with Gasteiger partial charge in [-0.3, -0.25) is 0 Å². The minimum absolute atomic E-state index is 0.0264. The quantitative estimate of drug-likeness (QED) is 0.356. The number of aliphatic hydroxyl groups excluding tert-OH is 1. The Morgan fingerprint density at radius 2 is 1.71 bits per heavy atom. The molecular formula is C26H26ClF3N4O3S. The fourth-order valence-corrected chi connectivity index (χ4v) is 6.57. The maximum Gasteiger partial charge on any atom is 0.573 e. The number of para-hydroxylation sites is 1. The molecule has 0 aliphatic carbocycles. The number of anilines is 2. The van der Waals surface area contributed by atoms with Crippen LogP contribution in [-0.2, 0) is 22.8 Å². The van der Waals surface area contributed by atoms with E-state index in [1.54, 1.807) is 0 Å². The molecule has 0 aromatic heterocycles. The summed E-state index contributed by atoms with van der Waals surface area (Å²) in [6, 6.07) is 16.7. The van der Waals surface area contributed by atoms with Crippen LogP contribution in [0.25, 0.3) is 0 Å². The van der Waals surface area contributed by atoms with Crippen molar-refractivity contribution in [2.24, 2.45) is 0 Å². The second-order valence-electron chi connectivity index (χ2n) is 9.29. The van der Waals surface area contributed by atoms with Crippen molar-refractivity contribution in [3.05, 3.63) is 82.9 Å². The number of nitrogens with zero attached hydrogens (tertiary/aromatic N) is 1. The van der Waals surface area contributed by atoms with E-state index in [9.17, 15) is 22.5 Å². The fraction of sp³-hybridized carbons (Fsp3) is 0.308. The number of piperidine rings is 1. The van der Waals surface area contributed by atoms with Crippen LogP contribution in [0.4, 0.5) is 24.5 Å². The van der Waals surface area contributed by atoms with Crippen molar-refractivity contribution in [2.45, 2.75) is 42.3 Å². The maximum atomic E-state index is 13.3. The van der Waals surface area contributed by atoms with E-state index >= 15 is 0 Å². The third-order valence-electron chi connectivity index (χ3n) is 6.78. The van der Waals surface area contributed by atoms with Crippen molar-refractivity contribution in [1.82, 2.24) is 10.0 Å². The molecule has 4 atom stereocenters. The molecule has 38 heavy (non-hydrogen) atoms. The van der Waals surface area contributed by atoms with Gasteiger partial charge in [-0.05, 0) is 72.5 Å². The number of hydrogen-bond donors (Lipinski definition) is 4. The van der Waals surface area contributed by atoms with E-state index in [2.05, 4.69) is 25.7 Å². The van der Waals surface area contributed by atoms with Gasteiger partial charge < -0.3 is 20.1 Å². The summed E-state index contributed by atoms with van der Waals surface area (Å²) >= 11 is 6.29. The molecule has 12 heteroatoms. The standard InChI is InChI=1S/C26H26ClF3N4O3S/c27-18-7-12-23-17(13-18)6-5-16-3-1-2-4-22(16)34(23)24-15-32-14-21(25(24)35)33-38(31,36)20-10-8-19(9-11-20)37-26(28,29)30/h1-4,7-13,21,24-25,32,35H,5-6,14-15H2,(H2,31,33,36). The summed E-state index contributed by atoms with van der Waals surface area (Å²) in [6.45, 7) is 0.671. The Kier molecular flexibility index (Phi) is 7.31. The summed E-state index contributed by atoms with van der Waals surface area (Å²) in [5.41, 5.74) is 4.03. The lowest BCUT2D eigenvalue weighted by Crippen LogP contribution is -2.64. The average Bonchev–Trinajstić information content (AvgIpc) is 3.01. The predicted molar refractivity (Wildman–Crippen MR) is 139 cm³/mol. The number of hydrogen-bond acceptors (Lipinski definition) is 6. The highest BCUT2D eigenvalue weighted by molar-refractivity contribution is 7.90. The Morgan fingerprint density at radius 3 is 2.45 bits per heavy atom. The van der Waals surface area contributed by atoms with E-state index in [1.165, 1.54) is 0 Å². The topological polar surface area (TPSA) is 97.7 Å². The van der Waals surface area contributed by atoms with E-state index < -0.39 is 40.2 Å².